The standard InChI is InChI=1S/C55H40OSi2/c1-57(2,3)37-35-47-23-19-43(20-24-47)9-7-41-11-15-45(16-12-41)27-29-49-31-33-51-52-34-32-50(40-54(52)55(56)53(51)39-49)30-28-46-17-13-42(14-18-46)8-10-44-21-25-48(26-22-44)36-38-58(4,5)6/h11-26,31-34,39-40H,1-6H3. The van der Waals surface area contributed by atoms with Crippen LogP contribution in [0.15, 0.2) is 133 Å². The van der Waals surface area contributed by atoms with Crippen LogP contribution in [0.5, 0.6) is 0 Å². The van der Waals surface area contributed by atoms with Gasteiger partial charge in [-0.25, -0.2) is 0 Å². The minimum atomic E-state index is -1.41. The van der Waals surface area contributed by atoms with Gasteiger partial charge in [-0.05, 0) is 132 Å². The van der Waals surface area contributed by atoms with Crippen molar-refractivity contribution in [2.45, 2.75) is 39.3 Å². The number of hydrogen-bond donors (Lipinski definition) is 0. The van der Waals surface area contributed by atoms with Crippen LogP contribution in [0.3, 0.4) is 0 Å². The highest BCUT2D eigenvalue weighted by atomic mass is 28.3. The van der Waals surface area contributed by atoms with Crippen molar-refractivity contribution < 1.29 is 4.79 Å². The highest BCUT2D eigenvalue weighted by Gasteiger charge is 2.26. The molecule has 274 valence electrons. The molecule has 7 rings (SSSR count). The maximum Gasteiger partial charge on any atom is 0.194 e. The van der Waals surface area contributed by atoms with Gasteiger partial charge in [0.25, 0.3) is 0 Å². The molecule has 0 heterocycles. The lowest BCUT2D eigenvalue weighted by atomic mass is 10.0. The van der Waals surface area contributed by atoms with Gasteiger partial charge in [0.2, 0.25) is 0 Å². The van der Waals surface area contributed by atoms with Crippen molar-refractivity contribution in [1.82, 2.24) is 0 Å². The average Bonchev–Trinajstić information content (AvgIpc) is 3.49. The molecule has 0 N–H and O–H groups in total. The summed E-state index contributed by atoms with van der Waals surface area (Å²) in [6.45, 7) is 13.4. The van der Waals surface area contributed by atoms with Crippen LogP contribution in [0.25, 0.3) is 11.1 Å². The summed E-state index contributed by atoms with van der Waals surface area (Å²) in [4.78, 5) is 13.6. The van der Waals surface area contributed by atoms with Crippen LogP contribution < -0.4 is 0 Å². The van der Waals surface area contributed by atoms with Crippen LogP contribution in [0.1, 0.15) is 71.6 Å². The molecule has 0 unspecified atom stereocenters. The van der Waals surface area contributed by atoms with Crippen molar-refractivity contribution in [2.75, 3.05) is 0 Å². The molecule has 0 saturated heterocycles. The normalized spacial score (nSPS) is 10.8. The van der Waals surface area contributed by atoms with E-state index in [2.05, 4.69) is 110 Å². The molecule has 0 saturated carbocycles. The summed E-state index contributed by atoms with van der Waals surface area (Å²) in [5.41, 5.74) is 19.1. The van der Waals surface area contributed by atoms with Gasteiger partial charge in [-0.1, -0.05) is 111 Å². The highest BCUT2D eigenvalue weighted by Crippen LogP contribution is 2.37. The van der Waals surface area contributed by atoms with Crippen molar-refractivity contribution in [3.05, 3.63) is 200 Å². The van der Waals surface area contributed by atoms with Crippen molar-refractivity contribution in [1.29, 1.82) is 0 Å². The monoisotopic (exact) mass is 772 g/mol. The molecule has 0 spiro atoms. The molecule has 0 aliphatic heterocycles. The molecule has 1 nitrogen and oxygen atoms in total. The van der Waals surface area contributed by atoms with Gasteiger partial charge >= 0.3 is 0 Å². The first-order valence-electron chi connectivity index (χ1n) is 19.2. The van der Waals surface area contributed by atoms with Crippen LogP contribution in [0.2, 0.25) is 39.3 Å². The number of rotatable bonds is 0. The van der Waals surface area contributed by atoms with Crippen LogP contribution in [-0.4, -0.2) is 21.9 Å². The van der Waals surface area contributed by atoms with E-state index in [1.807, 2.05) is 133 Å². The summed E-state index contributed by atoms with van der Waals surface area (Å²) < 4.78 is 0. The largest absolute Gasteiger partial charge is 0.289 e. The maximum atomic E-state index is 13.6. The zero-order chi connectivity index (χ0) is 40.7. The van der Waals surface area contributed by atoms with Crippen LogP contribution >= 0.6 is 0 Å². The summed E-state index contributed by atoms with van der Waals surface area (Å²) in [5.74, 6) is 32.5. The SMILES string of the molecule is C[Si](C)(C)C#Cc1ccc(C#Cc2ccc(C#Cc3ccc4c(c3)C(=O)c3cc(C#Cc5ccc(C#Cc6ccc(C#C[Si](C)(C)C)cc6)cc5)ccc3-4)cc2)cc1. The maximum absolute atomic E-state index is 13.6. The molecule has 0 atom stereocenters. The van der Waals surface area contributed by atoms with E-state index >= 15 is 0 Å². The quantitative estimate of drug-likeness (QED) is 0.111. The van der Waals surface area contributed by atoms with Gasteiger partial charge in [0.05, 0.1) is 0 Å². The number of ketones is 1. The lowest BCUT2D eigenvalue weighted by molar-refractivity contribution is 0.104. The number of fused-ring (bicyclic) bond motifs is 3. The molecule has 58 heavy (non-hydrogen) atoms. The molecule has 0 aromatic heterocycles. The highest BCUT2D eigenvalue weighted by molar-refractivity contribution is 6.84. The molecule has 6 aromatic carbocycles. The van der Waals surface area contributed by atoms with Crippen molar-refractivity contribution in [3.63, 3.8) is 0 Å². The third-order valence-electron chi connectivity index (χ3n) is 8.93. The number of carbonyl (C=O) groups excluding carboxylic acids is 1. The Hall–Kier alpha value is -7.22. The number of benzene rings is 6. The third-order valence-corrected chi connectivity index (χ3v) is 10.7. The first-order chi connectivity index (χ1) is 27.8. The second kappa shape index (κ2) is 16.9. The van der Waals surface area contributed by atoms with E-state index in [4.69, 9.17) is 0 Å². The molecule has 0 fully saturated rings. The van der Waals surface area contributed by atoms with Crippen molar-refractivity contribution in [3.8, 4) is 81.4 Å². The predicted molar refractivity (Wildman–Crippen MR) is 245 cm³/mol. The van der Waals surface area contributed by atoms with Gasteiger partial charge in [-0.3, -0.25) is 4.79 Å². The summed E-state index contributed by atoms with van der Waals surface area (Å²) >= 11 is 0. The summed E-state index contributed by atoms with van der Waals surface area (Å²) in [5, 5.41) is 0. The average molecular weight is 773 g/mol. The Morgan fingerprint density at radius 3 is 0.724 bits per heavy atom. The van der Waals surface area contributed by atoms with Gasteiger partial charge in [0, 0.05) is 66.8 Å². The molecule has 0 radical (unpaired) electrons. The fraction of sp³-hybridized carbons (Fsp3) is 0.109. The van der Waals surface area contributed by atoms with Crippen LogP contribution in [0, 0.1) is 70.3 Å². The Morgan fingerprint density at radius 1 is 0.276 bits per heavy atom. The Kier molecular flexibility index (Phi) is 11.4. The lowest BCUT2D eigenvalue weighted by Crippen LogP contribution is -2.16. The molecule has 0 bridgehead atoms. The van der Waals surface area contributed by atoms with Crippen LogP contribution in [-0.2, 0) is 0 Å². The van der Waals surface area contributed by atoms with E-state index in [1.54, 1.807) is 0 Å². The van der Waals surface area contributed by atoms with E-state index in [-0.39, 0.29) is 5.78 Å². The van der Waals surface area contributed by atoms with Gasteiger partial charge < -0.3 is 0 Å². The van der Waals surface area contributed by atoms with Gasteiger partial charge in [0.15, 0.2) is 5.78 Å². The van der Waals surface area contributed by atoms with E-state index in [0.717, 1.165) is 66.8 Å². The fourth-order valence-electron chi connectivity index (χ4n) is 5.88. The number of carbonyl (C=O) groups is 1. The molecule has 1 aliphatic rings. The second-order valence-corrected chi connectivity index (χ2v) is 25.7. The Labute approximate surface area is 346 Å². The predicted octanol–water partition coefficient (Wildman–Crippen LogP) is 11.0. The molecule has 1 aliphatic carbocycles. The second-order valence-electron chi connectivity index (χ2n) is 16.2. The Morgan fingerprint density at radius 2 is 0.483 bits per heavy atom. The lowest BCUT2D eigenvalue weighted by Gasteiger charge is -2.03. The van der Waals surface area contributed by atoms with Gasteiger partial charge in [-0.15, -0.1) is 11.1 Å². The van der Waals surface area contributed by atoms with Crippen LogP contribution in [0.4, 0.5) is 0 Å². The Balaban J connectivity index is 0.971. The first kappa shape index (κ1) is 39.0. The smallest absolute Gasteiger partial charge is 0.194 e. The van der Waals surface area contributed by atoms with E-state index in [9.17, 15) is 4.79 Å². The number of hydrogen-bond acceptors (Lipinski definition) is 1. The van der Waals surface area contributed by atoms with E-state index < -0.39 is 16.1 Å². The fourth-order valence-corrected chi connectivity index (χ4v) is 6.92. The Bertz CT molecular complexity index is 2750. The minimum Gasteiger partial charge on any atom is -0.289 e. The van der Waals surface area contributed by atoms with Gasteiger partial charge in [0.1, 0.15) is 16.1 Å². The first-order valence-corrected chi connectivity index (χ1v) is 26.2. The molecule has 3 heteroatoms. The molecule has 0 amide bonds. The third kappa shape index (κ3) is 10.5. The van der Waals surface area contributed by atoms with E-state index in [1.165, 1.54) is 0 Å². The van der Waals surface area contributed by atoms with Crippen molar-refractivity contribution >= 4 is 21.9 Å². The topological polar surface area (TPSA) is 17.1 Å². The van der Waals surface area contributed by atoms with Crippen molar-refractivity contribution in [2.24, 2.45) is 0 Å². The summed E-state index contributed by atoms with van der Waals surface area (Å²) in [6, 6.07) is 43.7. The zero-order valence-electron chi connectivity index (χ0n) is 33.6. The molecular formula is C55H40OSi2. The summed E-state index contributed by atoms with van der Waals surface area (Å²) in [7, 11) is -2.81. The minimum absolute atomic E-state index is 0.00793. The zero-order valence-corrected chi connectivity index (χ0v) is 35.6. The van der Waals surface area contributed by atoms with E-state index in [0.29, 0.717) is 11.1 Å². The molecule has 6 aromatic rings. The summed E-state index contributed by atoms with van der Waals surface area (Å²) in [6.07, 6.45) is 0. The molecular weight excluding hydrogens is 733 g/mol. The van der Waals surface area contributed by atoms with Gasteiger partial charge in [-0.2, -0.15) is 0 Å².